The van der Waals surface area contributed by atoms with Crippen LogP contribution in [0.5, 0.6) is 0 Å². The number of nitrogens with zero attached hydrogens (tertiary/aromatic N) is 5. The Hall–Kier alpha value is -3.55. The number of aromatic nitrogens is 5. The highest BCUT2D eigenvalue weighted by molar-refractivity contribution is 7.15. The van der Waals surface area contributed by atoms with Crippen LogP contribution >= 0.6 is 34.5 Å². The van der Waals surface area contributed by atoms with Gasteiger partial charge in [0.2, 0.25) is 0 Å². The number of aryl methyl sites for hydroxylation is 1. The third kappa shape index (κ3) is 6.77. The summed E-state index contributed by atoms with van der Waals surface area (Å²) < 4.78 is 38.8. The van der Waals surface area contributed by atoms with Crippen molar-refractivity contribution >= 4 is 52.0 Å². The Morgan fingerprint density at radius 2 is 1.77 bits per heavy atom. The lowest BCUT2D eigenvalue weighted by atomic mass is 10.0. The smallest absolute Gasteiger partial charge is 0.347 e. The Bertz CT molecular complexity index is 1600. The molecule has 0 aliphatic heterocycles. The van der Waals surface area contributed by atoms with Gasteiger partial charge in [-0.1, -0.05) is 41.4 Å². The monoisotopic (exact) mass is 611 g/mol. The summed E-state index contributed by atoms with van der Waals surface area (Å²) in [4.78, 5) is 32.2. The van der Waals surface area contributed by atoms with Crippen LogP contribution in [0.4, 0.5) is 18.9 Å². The Balaban J connectivity index is 1.74. The van der Waals surface area contributed by atoms with E-state index in [0.29, 0.717) is 26.0 Å². The van der Waals surface area contributed by atoms with Gasteiger partial charge in [-0.2, -0.15) is 18.0 Å². The van der Waals surface area contributed by atoms with Gasteiger partial charge >= 0.3 is 6.18 Å². The first-order valence-electron chi connectivity index (χ1n) is 11.7. The van der Waals surface area contributed by atoms with Crippen LogP contribution in [0.2, 0.25) is 10.0 Å². The van der Waals surface area contributed by atoms with E-state index in [1.54, 1.807) is 37.3 Å². The van der Waals surface area contributed by atoms with Gasteiger partial charge in [0.25, 0.3) is 17.6 Å². The van der Waals surface area contributed by atoms with E-state index in [1.165, 1.54) is 6.07 Å². The molecule has 15 heteroatoms. The largest absolute Gasteiger partial charge is 0.455 e. The molecule has 2 heterocycles. The molecule has 0 saturated carbocycles. The van der Waals surface area contributed by atoms with E-state index in [2.05, 4.69) is 31.0 Å². The van der Waals surface area contributed by atoms with E-state index in [4.69, 9.17) is 23.2 Å². The number of hydrogen-bond donors (Lipinski definition) is 2. The first-order valence-corrected chi connectivity index (χ1v) is 13.2. The van der Waals surface area contributed by atoms with E-state index in [-0.39, 0.29) is 28.5 Å². The number of nitrogens with one attached hydrogen (secondary N) is 2. The van der Waals surface area contributed by atoms with Crippen molar-refractivity contribution in [3.8, 4) is 10.4 Å². The second kappa shape index (κ2) is 11.1. The summed E-state index contributed by atoms with van der Waals surface area (Å²) in [6.45, 7) is 6.85. The number of amides is 2. The number of carbonyl (C=O) groups is 2. The molecule has 2 aromatic heterocycles. The Labute approximate surface area is 240 Å². The highest BCUT2D eigenvalue weighted by Crippen LogP contribution is 2.36. The van der Waals surface area contributed by atoms with E-state index < -0.39 is 29.4 Å². The first-order chi connectivity index (χ1) is 18.6. The fourth-order valence-electron chi connectivity index (χ4n) is 3.63. The molecule has 0 atom stereocenters. The van der Waals surface area contributed by atoms with Crippen LogP contribution in [0.15, 0.2) is 36.4 Å². The van der Waals surface area contributed by atoms with Crippen molar-refractivity contribution in [1.29, 1.82) is 0 Å². The standard InChI is InChI=1S/C25H22Cl2F3N7O2S/c1-12-9-13(26)10-15(21(38)33-24(2,3)4)18(12)32-22(39)19-20(14-7-5-6-8-16(14)27)40-17(31-19)11-37-35-23(34-36-37)25(28,29)30/h5-10H,11H2,1-4H3,(H,32,39)(H,33,38). The Morgan fingerprint density at radius 1 is 1.07 bits per heavy atom. The number of anilines is 1. The number of thiazole rings is 1. The average molecular weight is 612 g/mol. The molecule has 0 unspecified atom stereocenters. The maximum Gasteiger partial charge on any atom is 0.455 e. The minimum absolute atomic E-state index is 0.0548. The molecule has 0 spiro atoms. The predicted octanol–water partition coefficient (Wildman–Crippen LogP) is 6.26. The van der Waals surface area contributed by atoms with Crippen molar-refractivity contribution in [1.82, 2.24) is 30.5 Å². The number of halogens is 5. The van der Waals surface area contributed by atoms with Crippen LogP contribution in [-0.4, -0.2) is 42.5 Å². The number of rotatable bonds is 6. The fraction of sp³-hybridized carbons (Fsp3) is 0.280. The number of benzene rings is 2. The number of hydrogen-bond acceptors (Lipinski definition) is 7. The quantitative estimate of drug-likeness (QED) is 0.266. The van der Waals surface area contributed by atoms with Gasteiger partial charge < -0.3 is 10.6 Å². The van der Waals surface area contributed by atoms with Gasteiger partial charge in [-0.25, -0.2) is 4.98 Å². The van der Waals surface area contributed by atoms with Crippen LogP contribution in [-0.2, 0) is 12.7 Å². The predicted molar refractivity (Wildman–Crippen MR) is 146 cm³/mol. The van der Waals surface area contributed by atoms with Crippen molar-refractivity contribution in [2.45, 2.75) is 46.0 Å². The highest BCUT2D eigenvalue weighted by Gasteiger charge is 2.37. The normalized spacial score (nSPS) is 11.9. The van der Waals surface area contributed by atoms with Crippen molar-refractivity contribution in [3.63, 3.8) is 0 Å². The molecule has 2 N–H and O–H groups in total. The maximum absolute atomic E-state index is 13.6. The Kier molecular flexibility index (Phi) is 8.20. The van der Waals surface area contributed by atoms with E-state index >= 15 is 0 Å². The van der Waals surface area contributed by atoms with E-state index in [1.807, 2.05) is 20.8 Å². The number of tetrazole rings is 1. The van der Waals surface area contributed by atoms with Gasteiger partial charge in [0.1, 0.15) is 17.2 Å². The molecular weight excluding hydrogens is 590 g/mol. The molecule has 0 bridgehead atoms. The minimum atomic E-state index is -4.76. The third-order valence-corrected chi connectivity index (χ3v) is 6.88. The number of alkyl halides is 3. The van der Waals surface area contributed by atoms with Gasteiger partial charge in [-0.3, -0.25) is 9.59 Å². The van der Waals surface area contributed by atoms with Gasteiger partial charge in [0.15, 0.2) is 0 Å². The fourth-order valence-corrected chi connectivity index (χ4v) is 5.26. The van der Waals surface area contributed by atoms with E-state index in [0.717, 1.165) is 16.1 Å². The summed E-state index contributed by atoms with van der Waals surface area (Å²) in [7, 11) is 0. The molecule has 40 heavy (non-hydrogen) atoms. The van der Waals surface area contributed by atoms with Crippen molar-refractivity contribution < 1.29 is 22.8 Å². The molecule has 0 aliphatic rings. The molecular formula is C25H22Cl2F3N7O2S. The van der Waals surface area contributed by atoms with Crippen LogP contribution in [0.25, 0.3) is 10.4 Å². The summed E-state index contributed by atoms with van der Waals surface area (Å²) in [5.74, 6) is -2.51. The molecule has 0 saturated heterocycles. The minimum Gasteiger partial charge on any atom is -0.347 e. The molecule has 4 rings (SSSR count). The lowest BCUT2D eigenvalue weighted by Crippen LogP contribution is -2.41. The maximum atomic E-state index is 13.6. The van der Waals surface area contributed by atoms with Crippen molar-refractivity contribution in [3.05, 3.63) is 74.1 Å². The summed E-state index contributed by atoms with van der Waals surface area (Å²) in [6, 6.07) is 9.78. The highest BCUT2D eigenvalue weighted by atomic mass is 35.5. The summed E-state index contributed by atoms with van der Waals surface area (Å²) in [6.07, 6.45) is -4.76. The summed E-state index contributed by atoms with van der Waals surface area (Å²) in [5.41, 5.74) is 0.774. The molecule has 2 aromatic carbocycles. The summed E-state index contributed by atoms with van der Waals surface area (Å²) >= 11 is 13.7. The SMILES string of the molecule is Cc1cc(Cl)cc(C(=O)NC(C)(C)C)c1NC(=O)c1nc(Cn2nnc(C(F)(F)F)n2)sc1-c1ccccc1Cl. The molecule has 0 fully saturated rings. The lowest BCUT2D eigenvalue weighted by molar-refractivity contribution is -0.145. The zero-order valence-electron chi connectivity index (χ0n) is 21.5. The van der Waals surface area contributed by atoms with Crippen LogP contribution in [0.1, 0.15) is 58.0 Å². The lowest BCUT2D eigenvalue weighted by Gasteiger charge is -2.22. The molecule has 9 nitrogen and oxygen atoms in total. The molecule has 0 aliphatic carbocycles. The van der Waals surface area contributed by atoms with Crippen molar-refractivity contribution in [2.24, 2.45) is 0 Å². The molecule has 2 amide bonds. The zero-order chi connectivity index (χ0) is 29.4. The molecule has 210 valence electrons. The first kappa shape index (κ1) is 29.4. The average Bonchev–Trinajstić information content (AvgIpc) is 3.47. The molecule has 4 aromatic rings. The second-order valence-corrected chi connectivity index (χ2v) is 11.6. The number of carbonyl (C=O) groups excluding carboxylic acids is 2. The third-order valence-electron chi connectivity index (χ3n) is 5.26. The molecule has 0 radical (unpaired) electrons. The van der Waals surface area contributed by atoms with Crippen LogP contribution in [0, 0.1) is 6.92 Å². The van der Waals surface area contributed by atoms with Gasteiger partial charge in [-0.15, -0.1) is 21.5 Å². The summed E-state index contributed by atoms with van der Waals surface area (Å²) in [5, 5.41) is 16.3. The zero-order valence-corrected chi connectivity index (χ0v) is 23.9. The van der Waals surface area contributed by atoms with Gasteiger partial charge in [-0.05, 0) is 56.7 Å². The van der Waals surface area contributed by atoms with Crippen LogP contribution < -0.4 is 10.6 Å². The Morgan fingerprint density at radius 3 is 2.40 bits per heavy atom. The van der Waals surface area contributed by atoms with Gasteiger partial charge in [0.05, 0.1) is 16.1 Å². The topological polar surface area (TPSA) is 115 Å². The van der Waals surface area contributed by atoms with E-state index in [9.17, 15) is 22.8 Å². The second-order valence-electron chi connectivity index (χ2n) is 9.71. The van der Waals surface area contributed by atoms with Crippen LogP contribution in [0.3, 0.4) is 0 Å². The van der Waals surface area contributed by atoms with Crippen molar-refractivity contribution in [2.75, 3.05) is 5.32 Å². The van der Waals surface area contributed by atoms with Gasteiger partial charge in [0, 0.05) is 21.1 Å².